The Bertz CT molecular complexity index is 360. The summed E-state index contributed by atoms with van der Waals surface area (Å²) in [6.07, 6.45) is 4.44. The lowest BCUT2D eigenvalue weighted by molar-refractivity contribution is -0.143. The van der Waals surface area contributed by atoms with Crippen molar-refractivity contribution in [2.45, 2.75) is 45.8 Å². The first-order valence-corrected chi connectivity index (χ1v) is 5.86. The van der Waals surface area contributed by atoms with E-state index in [4.69, 9.17) is 4.74 Å². The molecule has 0 radical (unpaired) electrons. The van der Waals surface area contributed by atoms with E-state index in [1.165, 1.54) is 7.11 Å². The van der Waals surface area contributed by atoms with Crippen LogP contribution in [0.4, 0.5) is 0 Å². The molecule has 1 aromatic rings. The number of ether oxygens (including phenoxy) is 1. The Balaban J connectivity index is 2.51. The molecular weight excluding hydrogens is 218 g/mol. The van der Waals surface area contributed by atoms with Crippen molar-refractivity contribution in [1.29, 1.82) is 0 Å². The number of hydrogen-bond donors (Lipinski definition) is 1. The molecule has 1 aromatic heterocycles. The summed E-state index contributed by atoms with van der Waals surface area (Å²) < 4.78 is 6.62. The van der Waals surface area contributed by atoms with Crippen LogP contribution in [0.15, 0.2) is 12.4 Å². The topological polar surface area (TPSA) is 56.2 Å². The highest BCUT2D eigenvalue weighted by Crippen LogP contribution is 2.02. The lowest BCUT2D eigenvalue weighted by Crippen LogP contribution is -2.42. The Hall–Kier alpha value is -1.36. The van der Waals surface area contributed by atoms with Gasteiger partial charge in [-0.15, -0.1) is 0 Å². The first-order chi connectivity index (χ1) is 8.02. The fourth-order valence-corrected chi connectivity index (χ4v) is 1.66. The zero-order chi connectivity index (χ0) is 12.8. The molecule has 5 heteroatoms. The maximum atomic E-state index is 11.6. The van der Waals surface area contributed by atoms with E-state index in [1.807, 2.05) is 37.8 Å². The first-order valence-electron chi connectivity index (χ1n) is 5.86. The molecule has 0 aliphatic rings. The van der Waals surface area contributed by atoms with Gasteiger partial charge < -0.3 is 10.1 Å². The quantitative estimate of drug-likeness (QED) is 0.756. The number of carbonyl (C=O) groups excluding carboxylic acids is 1. The smallest absolute Gasteiger partial charge is 0.322 e. The SMILES string of the molecule is COC(=O)C(CCn1cc(C)cn1)NC(C)C. The van der Waals surface area contributed by atoms with Gasteiger partial charge in [-0.1, -0.05) is 13.8 Å². The molecule has 0 aromatic carbocycles. The zero-order valence-electron chi connectivity index (χ0n) is 10.9. The minimum Gasteiger partial charge on any atom is -0.468 e. The summed E-state index contributed by atoms with van der Waals surface area (Å²) in [7, 11) is 1.41. The third kappa shape index (κ3) is 4.56. The summed E-state index contributed by atoms with van der Waals surface area (Å²) in [5.74, 6) is -0.220. The molecule has 0 spiro atoms. The normalized spacial score (nSPS) is 12.8. The second-order valence-corrected chi connectivity index (χ2v) is 4.47. The van der Waals surface area contributed by atoms with Crippen LogP contribution in [-0.4, -0.2) is 34.9 Å². The first kappa shape index (κ1) is 13.7. The molecule has 1 unspecified atom stereocenters. The van der Waals surface area contributed by atoms with Gasteiger partial charge in [0.1, 0.15) is 6.04 Å². The predicted octanol–water partition coefficient (Wildman–Crippen LogP) is 1.12. The predicted molar refractivity (Wildman–Crippen MR) is 65.7 cm³/mol. The Kier molecular flexibility index (Phi) is 5.15. The van der Waals surface area contributed by atoms with Crippen LogP contribution < -0.4 is 5.32 Å². The van der Waals surface area contributed by atoms with Gasteiger partial charge in [0.2, 0.25) is 0 Å². The lowest BCUT2D eigenvalue weighted by Gasteiger charge is -2.18. The van der Waals surface area contributed by atoms with Crippen LogP contribution in [0.1, 0.15) is 25.8 Å². The molecule has 0 saturated heterocycles. The molecule has 0 aliphatic carbocycles. The highest BCUT2D eigenvalue weighted by atomic mass is 16.5. The highest BCUT2D eigenvalue weighted by Gasteiger charge is 2.19. The summed E-state index contributed by atoms with van der Waals surface area (Å²) in [6.45, 7) is 6.71. The lowest BCUT2D eigenvalue weighted by atomic mass is 10.2. The van der Waals surface area contributed by atoms with Gasteiger partial charge in [0.15, 0.2) is 0 Å². The van der Waals surface area contributed by atoms with Crippen LogP contribution in [0.25, 0.3) is 0 Å². The molecule has 0 saturated carbocycles. The van der Waals surface area contributed by atoms with Gasteiger partial charge in [-0.3, -0.25) is 9.48 Å². The van der Waals surface area contributed by atoms with Gasteiger partial charge in [-0.2, -0.15) is 5.10 Å². The monoisotopic (exact) mass is 239 g/mol. The summed E-state index contributed by atoms with van der Waals surface area (Å²) in [5.41, 5.74) is 1.12. The number of nitrogens with one attached hydrogen (secondary N) is 1. The number of nitrogens with zero attached hydrogens (tertiary/aromatic N) is 2. The highest BCUT2D eigenvalue weighted by molar-refractivity contribution is 5.75. The number of methoxy groups -OCH3 is 1. The molecule has 1 rings (SSSR count). The molecule has 96 valence electrons. The van der Waals surface area contributed by atoms with E-state index in [2.05, 4.69) is 10.4 Å². The number of aryl methyl sites for hydroxylation is 2. The molecule has 0 aliphatic heterocycles. The fourth-order valence-electron chi connectivity index (χ4n) is 1.66. The van der Waals surface area contributed by atoms with Crippen molar-refractivity contribution in [3.05, 3.63) is 18.0 Å². The maximum absolute atomic E-state index is 11.6. The van der Waals surface area contributed by atoms with E-state index in [1.54, 1.807) is 0 Å². The Morgan fingerprint density at radius 1 is 1.59 bits per heavy atom. The average molecular weight is 239 g/mol. The van der Waals surface area contributed by atoms with E-state index in [0.717, 1.165) is 5.56 Å². The van der Waals surface area contributed by atoms with Crippen LogP contribution in [0, 0.1) is 6.92 Å². The molecule has 5 nitrogen and oxygen atoms in total. The standard InChI is InChI=1S/C12H21N3O2/c1-9(2)14-11(12(16)17-4)5-6-15-8-10(3)7-13-15/h7-9,11,14H,5-6H2,1-4H3. The van der Waals surface area contributed by atoms with Crippen molar-refractivity contribution in [2.75, 3.05) is 7.11 Å². The third-order valence-electron chi connectivity index (χ3n) is 2.43. The largest absolute Gasteiger partial charge is 0.468 e. The van der Waals surface area contributed by atoms with Gasteiger partial charge in [0.25, 0.3) is 0 Å². The van der Waals surface area contributed by atoms with E-state index < -0.39 is 0 Å². The fraction of sp³-hybridized carbons (Fsp3) is 0.667. The zero-order valence-corrected chi connectivity index (χ0v) is 10.9. The molecule has 0 amide bonds. The van der Waals surface area contributed by atoms with Crippen LogP contribution in [0.3, 0.4) is 0 Å². The maximum Gasteiger partial charge on any atom is 0.322 e. The second kappa shape index (κ2) is 6.39. The minimum atomic E-state index is -0.274. The number of esters is 1. The van der Waals surface area contributed by atoms with Gasteiger partial charge in [-0.05, 0) is 18.9 Å². The molecular formula is C12H21N3O2. The second-order valence-electron chi connectivity index (χ2n) is 4.47. The molecule has 0 bridgehead atoms. The Labute approximate surface area is 102 Å². The molecule has 1 heterocycles. The van der Waals surface area contributed by atoms with Gasteiger partial charge in [0.05, 0.1) is 13.3 Å². The summed E-state index contributed by atoms with van der Waals surface area (Å²) in [5, 5.41) is 7.38. The summed E-state index contributed by atoms with van der Waals surface area (Å²) in [6, 6.07) is -0.0250. The third-order valence-corrected chi connectivity index (χ3v) is 2.43. The van der Waals surface area contributed by atoms with E-state index in [-0.39, 0.29) is 18.1 Å². The molecule has 1 atom stereocenters. The van der Waals surface area contributed by atoms with E-state index >= 15 is 0 Å². The minimum absolute atomic E-state index is 0.220. The van der Waals surface area contributed by atoms with Gasteiger partial charge in [0, 0.05) is 18.8 Å². The van der Waals surface area contributed by atoms with Crippen LogP contribution >= 0.6 is 0 Å². The van der Waals surface area contributed by atoms with Crippen LogP contribution in [0.5, 0.6) is 0 Å². The number of aromatic nitrogens is 2. The van der Waals surface area contributed by atoms with E-state index in [9.17, 15) is 4.79 Å². The number of hydrogen-bond acceptors (Lipinski definition) is 4. The van der Waals surface area contributed by atoms with E-state index in [0.29, 0.717) is 13.0 Å². The molecule has 0 fully saturated rings. The van der Waals surface area contributed by atoms with Crippen molar-refractivity contribution in [2.24, 2.45) is 0 Å². The number of carbonyl (C=O) groups is 1. The number of rotatable bonds is 6. The summed E-state index contributed by atoms with van der Waals surface area (Å²) in [4.78, 5) is 11.6. The molecule has 17 heavy (non-hydrogen) atoms. The average Bonchev–Trinajstić information content (AvgIpc) is 2.68. The van der Waals surface area contributed by atoms with Crippen molar-refractivity contribution in [1.82, 2.24) is 15.1 Å². The van der Waals surface area contributed by atoms with Gasteiger partial charge in [-0.25, -0.2) is 0 Å². The van der Waals surface area contributed by atoms with Crippen molar-refractivity contribution in [3.8, 4) is 0 Å². The molecule has 1 N–H and O–H groups in total. The van der Waals surface area contributed by atoms with Crippen LogP contribution in [0.2, 0.25) is 0 Å². The van der Waals surface area contributed by atoms with Crippen molar-refractivity contribution in [3.63, 3.8) is 0 Å². The van der Waals surface area contributed by atoms with Crippen molar-refractivity contribution < 1.29 is 9.53 Å². The summed E-state index contributed by atoms with van der Waals surface area (Å²) >= 11 is 0. The Morgan fingerprint density at radius 3 is 2.76 bits per heavy atom. The van der Waals surface area contributed by atoms with Crippen molar-refractivity contribution >= 4 is 5.97 Å². The Morgan fingerprint density at radius 2 is 2.29 bits per heavy atom. The van der Waals surface area contributed by atoms with Crippen LogP contribution in [-0.2, 0) is 16.1 Å². The van der Waals surface area contributed by atoms with Gasteiger partial charge >= 0.3 is 5.97 Å².